The molecule has 3 aromatic rings. The standard InChI is InChI=1S/C22H26N4O2/c1-3-25(4-2)14-15-26-20-11-6-5-10-19(20)23-22(26)18-9-7-8-17(16-18)12-13-21(27)24-28/h5-13,16,28H,3-4,14-15H2,1-2H3,(H,24,27). The Hall–Kier alpha value is -2.96. The topological polar surface area (TPSA) is 70.4 Å². The summed E-state index contributed by atoms with van der Waals surface area (Å²) in [5, 5.41) is 8.64. The van der Waals surface area contributed by atoms with Gasteiger partial charge in [0.2, 0.25) is 0 Å². The molecule has 28 heavy (non-hydrogen) atoms. The zero-order valence-corrected chi connectivity index (χ0v) is 16.3. The second-order valence-corrected chi connectivity index (χ2v) is 6.54. The maximum atomic E-state index is 11.2. The summed E-state index contributed by atoms with van der Waals surface area (Å²) in [6.07, 6.45) is 2.96. The summed E-state index contributed by atoms with van der Waals surface area (Å²) < 4.78 is 2.26. The molecule has 146 valence electrons. The van der Waals surface area contributed by atoms with E-state index < -0.39 is 5.91 Å². The van der Waals surface area contributed by atoms with E-state index >= 15 is 0 Å². The highest BCUT2D eigenvalue weighted by atomic mass is 16.5. The smallest absolute Gasteiger partial charge is 0.267 e. The number of nitrogens with zero attached hydrogens (tertiary/aromatic N) is 3. The molecule has 0 unspecified atom stereocenters. The first-order valence-electron chi connectivity index (χ1n) is 9.56. The summed E-state index contributed by atoms with van der Waals surface area (Å²) in [6.45, 7) is 8.20. The molecule has 0 fully saturated rings. The van der Waals surface area contributed by atoms with Gasteiger partial charge in [-0.25, -0.2) is 10.5 Å². The SMILES string of the molecule is CCN(CC)CCn1c(-c2cccc(C=CC(=O)NO)c2)nc2ccccc21. The van der Waals surface area contributed by atoms with Gasteiger partial charge in [0, 0.05) is 24.7 Å². The lowest BCUT2D eigenvalue weighted by Crippen LogP contribution is -2.27. The van der Waals surface area contributed by atoms with Gasteiger partial charge in [-0.05, 0) is 42.9 Å². The molecule has 6 heteroatoms. The van der Waals surface area contributed by atoms with Crippen LogP contribution in [0.4, 0.5) is 0 Å². The minimum atomic E-state index is -0.558. The van der Waals surface area contributed by atoms with Crippen LogP contribution < -0.4 is 5.48 Å². The number of para-hydroxylation sites is 2. The van der Waals surface area contributed by atoms with Crippen molar-refractivity contribution in [1.82, 2.24) is 19.9 Å². The number of carbonyl (C=O) groups excluding carboxylic acids is 1. The fourth-order valence-electron chi connectivity index (χ4n) is 3.29. The Morgan fingerprint density at radius 2 is 1.96 bits per heavy atom. The third kappa shape index (κ3) is 4.47. The van der Waals surface area contributed by atoms with Crippen molar-refractivity contribution in [3.05, 3.63) is 60.2 Å². The minimum absolute atomic E-state index is 0.558. The molecule has 3 rings (SSSR count). The molecule has 6 nitrogen and oxygen atoms in total. The summed E-state index contributed by atoms with van der Waals surface area (Å²) in [5.41, 5.74) is 5.54. The summed E-state index contributed by atoms with van der Waals surface area (Å²) in [4.78, 5) is 18.5. The fourth-order valence-corrected chi connectivity index (χ4v) is 3.29. The van der Waals surface area contributed by atoms with Crippen molar-refractivity contribution in [3.8, 4) is 11.4 Å². The van der Waals surface area contributed by atoms with Gasteiger partial charge in [-0.3, -0.25) is 10.0 Å². The molecule has 0 saturated carbocycles. The third-order valence-corrected chi connectivity index (χ3v) is 4.87. The van der Waals surface area contributed by atoms with Crippen LogP contribution in [0.3, 0.4) is 0 Å². The van der Waals surface area contributed by atoms with Gasteiger partial charge in [0.05, 0.1) is 11.0 Å². The molecule has 1 heterocycles. The largest absolute Gasteiger partial charge is 0.323 e. The lowest BCUT2D eigenvalue weighted by atomic mass is 10.1. The van der Waals surface area contributed by atoms with Gasteiger partial charge in [-0.1, -0.05) is 44.2 Å². The zero-order valence-electron chi connectivity index (χ0n) is 16.3. The van der Waals surface area contributed by atoms with Gasteiger partial charge < -0.3 is 9.47 Å². The van der Waals surface area contributed by atoms with E-state index in [4.69, 9.17) is 10.2 Å². The predicted molar refractivity (Wildman–Crippen MR) is 112 cm³/mol. The average Bonchev–Trinajstić information content (AvgIpc) is 3.11. The second-order valence-electron chi connectivity index (χ2n) is 6.54. The van der Waals surface area contributed by atoms with E-state index in [0.717, 1.165) is 54.2 Å². The molecule has 2 aromatic carbocycles. The summed E-state index contributed by atoms with van der Waals surface area (Å²) in [5.74, 6) is 0.354. The fraction of sp³-hybridized carbons (Fsp3) is 0.273. The zero-order chi connectivity index (χ0) is 19.9. The summed E-state index contributed by atoms with van der Waals surface area (Å²) in [6, 6.07) is 16.0. The van der Waals surface area contributed by atoms with Gasteiger partial charge in [0.25, 0.3) is 5.91 Å². The average molecular weight is 378 g/mol. The Kier molecular flexibility index (Phi) is 6.57. The molecule has 0 aliphatic rings. The van der Waals surface area contributed by atoms with Crippen molar-refractivity contribution in [3.63, 3.8) is 0 Å². The van der Waals surface area contributed by atoms with Crippen molar-refractivity contribution >= 4 is 23.0 Å². The molecule has 0 radical (unpaired) electrons. The number of nitrogens with one attached hydrogen (secondary N) is 1. The molecule has 1 aromatic heterocycles. The van der Waals surface area contributed by atoms with Crippen LogP contribution in [-0.4, -0.2) is 45.2 Å². The third-order valence-electron chi connectivity index (χ3n) is 4.87. The maximum Gasteiger partial charge on any atom is 0.267 e. The van der Waals surface area contributed by atoms with Crippen molar-refractivity contribution in [2.75, 3.05) is 19.6 Å². The number of carbonyl (C=O) groups is 1. The highest BCUT2D eigenvalue weighted by Crippen LogP contribution is 2.26. The van der Waals surface area contributed by atoms with Gasteiger partial charge in [0.15, 0.2) is 0 Å². The van der Waals surface area contributed by atoms with E-state index in [9.17, 15) is 4.79 Å². The molecule has 0 bridgehead atoms. The Morgan fingerprint density at radius 3 is 2.71 bits per heavy atom. The van der Waals surface area contributed by atoms with Gasteiger partial charge >= 0.3 is 0 Å². The molecular weight excluding hydrogens is 352 g/mol. The van der Waals surface area contributed by atoms with E-state index in [1.165, 1.54) is 6.08 Å². The first-order chi connectivity index (χ1) is 13.7. The quantitative estimate of drug-likeness (QED) is 0.357. The first kappa shape index (κ1) is 19.8. The Morgan fingerprint density at radius 1 is 1.18 bits per heavy atom. The van der Waals surface area contributed by atoms with Crippen molar-refractivity contribution < 1.29 is 10.0 Å². The van der Waals surface area contributed by atoms with Crippen LogP contribution in [0.25, 0.3) is 28.5 Å². The van der Waals surface area contributed by atoms with Crippen molar-refractivity contribution in [2.24, 2.45) is 0 Å². The van der Waals surface area contributed by atoms with E-state index in [1.54, 1.807) is 11.6 Å². The molecule has 0 spiro atoms. The highest BCUT2D eigenvalue weighted by molar-refractivity contribution is 5.91. The number of fused-ring (bicyclic) bond motifs is 1. The Balaban J connectivity index is 1.99. The van der Waals surface area contributed by atoms with E-state index in [1.807, 2.05) is 42.5 Å². The summed E-state index contributed by atoms with van der Waals surface area (Å²) in [7, 11) is 0. The van der Waals surface area contributed by atoms with Crippen LogP contribution in [-0.2, 0) is 11.3 Å². The Bertz CT molecular complexity index is 974. The molecule has 1 amide bonds. The number of rotatable bonds is 8. The number of hydrogen-bond donors (Lipinski definition) is 2. The normalized spacial score (nSPS) is 11.6. The predicted octanol–water partition coefficient (Wildman–Crippen LogP) is 3.56. The van der Waals surface area contributed by atoms with Gasteiger partial charge in [-0.2, -0.15) is 0 Å². The number of imidazole rings is 1. The van der Waals surface area contributed by atoms with Crippen LogP contribution in [0.5, 0.6) is 0 Å². The molecule has 2 N–H and O–H groups in total. The second kappa shape index (κ2) is 9.30. The van der Waals surface area contributed by atoms with Crippen LogP contribution in [0.15, 0.2) is 54.6 Å². The lowest BCUT2D eigenvalue weighted by Gasteiger charge is -2.19. The van der Waals surface area contributed by atoms with Crippen molar-refractivity contribution in [1.29, 1.82) is 0 Å². The molecular formula is C22H26N4O2. The number of hydrogen-bond acceptors (Lipinski definition) is 4. The van der Waals surface area contributed by atoms with Gasteiger partial charge in [-0.15, -0.1) is 0 Å². The first-order valence-corrected chi connectivity index (χ1v) is 9.56. The van der Waals surface area contributed by atoms with E-state index in [2.05, 4.69) is 29.4 Å². The van der Waals surface area contributed by atoms with E-state index in [0.29, 0.717) is 0 Å². The monoisotopic (exact) mass is 378 g/mol. The van der Waals surface area contributed by atoms with Gasteiger partial charge in [0.1, 0.15) is 5.82 Å². The molecule has 0 saturated heterocycles. The van der Waals surface area contributed by atoms with Crippen molar-refractivity contribution in [2.45, 2.75) is 20.4 Å². The lowest BCUT2D eigenvalue weighted by molar-refractivity contribution is -0.124. The number of amides is 1. The number of benzene rings is 2. The summed E-state index contributed by atoms with van der Waals surface area (Å²) >= 11 is 0. The van der Waals surface area contributed by atoms with Crippen LogP contribution >= 0.6 is 0 Å². The van der Waals surface area contributed by atoms with E-state index in [-0.39, 0.29) is 0 Å². The van der Waals surface area contributed by atoms with Crippen LogP contribution in [0.1, 0.15) is 19.4 Å². The maximum absolute atomic E-state index is 11.2. The van der Waals surface area contributed by atoms with Crippen LogP contribution in [0, 0.1) is 0 Å². The number of likely N-dealkylation sites (N-methyl/N-ethyl adjacent to an activating group) is 1. The van der Waals surface area contributed by atoms with Crippen LogP contribution in [0.2, 0.25) is 0 Å². The Labute approximate surface area is 165 Å². The molecule has 0 aliphatic carbocycles. The number of hydroxylamine groups is 1. The minimum Gasteiger partial charge on any atom is -0.323 e. The highest BCUT2D eigenvalue weighted by Gasteiger charge is 2.13. The number of aromatic nitrogens is 2. The molecule has 0 atom stereocenters. The molecule has 0 aliphatic heterocycles.